The second-order valence-corrected chi connectivity index (χ2v) is 7.74. The van der Waals surface area contributed by atoms with E-state index < -0.39 is 23.5 Å². The molecule has 1 heterocycles. The van der Waals surface area contributed by atoms with Gasteiger partial charge in [0.25, 0.3) is 11.7 Å². The van der Waals surface area contributed by atoms with Crippen molar-refractivity contribution in [3.63, 3.8) is 0 Å². The largest absolute Gasteiger partial charge is 0.507 e. The smallest absolute Gasteiger partial charge is 0.295 e. The number of benzene rings is 2. The molecule has 1 amide bonds. The Hall–Kier alpha value is -3.19. The van der Waals surface area contributed by atoms with Crippen LogP contribution in [0.1, 0.15) is 36.6 Å². The molecule has 7 heteroatoms. The Kier molecular flexibility index (Phi) is 7.30. The molecule has 1 aliphatic rings. The highest BCUT2D eigenvalue weighted by atomic mass is 19.1. The number of hydrogen-bond acceptors (Lipinski definition) is 5. The summed E-state index contributed by atoms with van der Waals surface area (Å²) in [7, 11) is 1.46. The zero-order valence-corrected chi connectivity index (χ0v) is 18.9. The number of aliphatic hydroxyl groups excluding tert-OH is 1. The third kappa shape index (κ3) is 4.39. The molecule has 2 aromatic rings. The van der Waals surface area contributed by atoms with Crippen LogP contribution < -0.4 is 4.74 Å². The number of Topliss-reactive ketones (excluding diaryl/α,β-unsaturated/α-hetero) is 1. The van der Waals surface area contributed by atoms with Crippen LogP contribution in [0.25, 0.3) is 5.76 Å². The Morgan fingerprint density at radius 3 is 2.47 bits per heavy atom. The van der Waals surface area contributed by atoms with E-state index in [0.717, 1.165) is 18.7 Å². The summed E-state index contributed by atoms with van der Waals surface area (Å²) in [6.07, 6.45) is 0. The molecule has 0 radical (unpaired) electrons. The fourth-order valence-electron chi connectivity index (χ4n) is 4.07. The van der Waals surface area contributed by atoms with Crippen LogP contribution in [-0.2, 0) is 9.59 Å². The predicted molar refractivity (Wildman–Crippen MR) is 121 cm³/mol. The summed E-state index contributed by atoms with van der Waals surface area (Å²) in [6.45, 7) is 8.18. The molecule has 170 valence electrons. The number of ketones is 1. The van der Waals surface area contributed by atoms with E-state index in [1.165, 1.54) is 24.1 Å². The van der Waals surface area contributed by atoms with Gasteiger partial charge in [0.1, 0.15) is 17.3 Å². The molecule has 0 spiro atoms. The minimum atomic E-state index is -1.03. The van der Waals surface area contributed by atoms with Gasteiger partial charge in [-0.1, -0.05) is 43.7 Å². The fourth-order valence-corrected chi connectivity index (χ4v) is 4.07. The average molecular weight is 441 g/mol. The number of methoxy groups -OCH3 is 1. The number of ether oxygens (including phenoxy) is 1. The summed E-state index contributed by atoms with van der Waals surface area (Å²) in [6, 6.07) is 10.2. The van der Waals surface area contributed by atoms with Crippen LogP contribution in [0.3, 0.4) is 0 Å². The van der Waals surface area contributed by atoms with Crippen LogP contribution in [0.5, 0.6) is 5.75 Å². The Balaban J connectivity index is 2.18. The Bertz CT molecular complexity index is 1050. The number of amides is 1. The van der Waals surface area contributed by atoms with E-state index in [1.54, 1.807) is 24.3 Å². The number of hydrogen-bond donors (Lipinski definition) is 1. The zero-order valence-electron chi connectivity index (χ0n) is 18.9. The van der Waals surface area contributed by atoms with E-state index in [9.17, 15) is 19.1 Å². The summed E-state index contributed by atoms with van der Waals surface area (Å²) in [5.74, 6) is -2.15. The lowest BCUT2D eigenvalue weighted by Crippen LogP contribution is -2.38. The van der Waals surface area contributed by atoms with Crippen molar-refractivity contribution in [2.24, 2.45) is 0 Å². The number of likely N-dealkylation sites (tertiary alicyclic amines) is 1. The first kappa shape index (κ1) is 23.5. The Morgan fingerprint density at radius 2 is 1.84 bits per heavy atom. The summed E-state index contributed by atoms with van der Waals surface area (Å²) >= 11 is 0. The molecule has 1 saturated heterocycles. The van der Waals surface area contributed by atoms with Gasteiger partial charge >= 0.3 is 0 Å². The Morgan fingerprint density at radius 1 is 1.16 bits per heavy atom. The van der Waals surface area contributed by atoms with Crippen molar-refractivity contribution in [2.75, 3.05) is 33.3 Å². The quantitative estimate of drug-likeness (QED) is 0.383. The van der Waals surface area contributed by atoms with Crippen molar-refractivity contribution in [1.82, 2.24) is 9.80 Å². The SMILES string of the molecule is CCN(CC)CCN1C(=O)C(=O)/C(=C(/O)c2cc(C)ccc2OC)C1c1ccccc1F. The van der Waals surface area contributed by atoms with Gasteiger partial charge in [-0.05, 0) is 38.2 Å². The second-order valence-electron chi connectivity index (χ2n) is 7.74. The number of carbonyl (C=O) groups excluding carboxylic acids is 2. The van der Waals surface area contributed by atoms with Gasteiger partial charge in [-0.15, -0.1) is 0 Å². The molecule has 1 unspecified atom stereocenters. The lowest BCUT2D eigenvalue weighted by Gasteiger charge is -2.28. The molecule has 0 saturated carbocycles. The van der Waals surface area contributed by atoms with E-state index in [2.05, 4.69) is 4.90 Å². The summed E-state index contributed by atoms with van der Waals surface area (Å²) in [4.78, 5) is 29.6. The summed E-state index contributed by atoms with van der Waals surface area (Å²) < 4.78 is 20.2. The fraction of sp³-hybridized carbons (Fsp3) is 0.360. The lowest BCUT2D eigenvalue weighted by molar-refractivity contribution is -0.140. The van der Waals surface area contributed by atoms with Gasteiger partial charge in [-0.2, -0.15) is 0 Å². The van der Waals surface area contributed by atoms with Crippen LogP contribution in [0.4, 0.5) is 4.39 Å². The minimum Gasteiger partial charge on any atom is -0.507 e. The third-order valence-electron chi connectivity index (χ3n) is 5.90. The van der Waals surface area contributed by atoms with Crippen molar-refractivity contribution in [1.29, 1.82) is 0 Å². The van der Waals surface area contributed by atoms with E-state index in [0.29, 0.717) is 12.3 Å². The van der Waals surface area contributed by atoms with Crippen molar-refractivity contribution in [3.05, 3.63) is 70.5 Å². The number of nitrogens with zero attached hydrogens (tertiary/aromatic N) is 2. The van der Waals surface area contributed by atoms with E-state index >= 15 is 0 Å². The molecular formula is C25H29FN2O4. The maximum Gasteiger partial charge on any atom is 0.295 e. The molecule has 2 aromatic carbocycles. The third-order valence-corrected chi connectivity index (χ3v) is 5.90. The van der Waals surface area contributed by atoms with Crippen LogP contribution in [0.2, 0.25) is 0 Å². The molecule has 0 aromatic heterocycles. The molecule has 3 rings (SSSR count). The van der Waals surface area contributed by atoms with Crippen molar-refractivity contribution in [3.8, 4) is 5.75 Å². The molecule has 1 fully saturated rings. The number of aliphatic hydroxyl groups is 1. The number of rotatable bonds is 8. The first-order chi connectivity index (χ1) is 15.3. The van der Waals surface area contributed by atoms with Crippen LogP contribution in [0.15, 0.2) is 48.0 Å². The standard InChI is InChI=1S/C25H29FN2O4/c1-5-27(6-2)13-14-28-22(17-9-7-8-10-19(17)26)21(24(30)25(28)31)23(29)18-15-16(3)11-12-20(18)32-4/h7-12,15,22,29H,5-6,13-14H2,1-4H3/b23-21+. The molecule has 1 aliphatic heterocycles. The molecule has 1 N–H and O–H groups in total. The molecule has 32 heavy (non-hydrogen) atoms. The van der Waals surface area contributed by atoms with Gasteiger partial charge in [0.15, 0.2) is 0 Å². The zero-order chi connectivity index (χ0) is 23.4. The summed E-state index contributed by atoms with van der Waals surface area (Å²) in [5, 5.41) is 11.2. The maximum atomic E-state index is 14.9. The van der Waals surface area contributed by atoms with Crippen molar-refractivity contribution in [2.45, 2.75) is 26.8 Å². The number of halogens is 1. The summed E-state index contributed by atoms with van der Waals surface area (Å²) in [5.41, 5.74) is 1.16. The van der Waals surface area contributed by atoms with Crippen molar-refractivity contribution < 1.29 is 23.8 Å². The Labute approximate surface area is 187 Å². The normalized spacial score (nSPS) is 17.9. The van der Waals surface area contributed by atoms with Gasteiger partial charge in [-0.25, -0.2) is 4.39 Å². The maximum absolute atomic E-state index is 14.9. The number of carbonyl (C=O) groups is 2. The molecule has 0 aliphatic carbocycles. The highest BCUT2D eigenvalue weighted by Gasteiger charge is 2.47. The van der Waals surface area contributed by atoms with Crippen LogP contribution in [-0.4, -0.2) is 59.9 Å². The predicted octanol–water partition coefficient (Wildman–Crippen LogP) is 3.91. The molecule has 1 atom stereocenters. The van der Waals surface area contributed by atoms with E-state index in [4.69, 9.17) is 4.74 Å². The molecule has 0 bridgehead atoms. The van der Waals surface area contributed by atoms with Crippen LogP contribution in [0, 0.1) is 12.7 Å². The monoisotopic (exact) mass is 440 g/mol. The topological polar surface area (TPSA) is 70.1 Å². The minimum absolute atomic E-state index is 0.136. The van der Waals surface area contributed by atoms with E-state index in [1.807, 2.05) is 26.8 Å². The average Bonchev–Trinajstić information content (AvgIpc) is 3.04. The number of aryl methyl sites for hydroxylation is 1. The molecule has 6 nitrogen and oxygen atoms in total. The van der Waals surface area contributed by atoms with Gasteiger partial charge in [-0.3, -0.25) is 9.59 Å². The first-order valence-corrected chi connectivity index (χ1v) is 10.7. The highest BCUT2D eigenvalue weighted by Crippen LogP contribution is 2.41. The van der Waals surface area contributed by atoms with Gasteiger partial charge in [0.2, 0.25) is 0 Å². The van der Waals surface area contributed by atoms with Crippen LogP contribution >= 0.6 is 0 Å². The van der Waals surface area contributed by atoms with Gasteiger partial charge in [0.05, 0.1) is 24.3 Å². The molecular weight excluding hydrogens is 411 g/mol. The van der Waals surface area contributed by atoms with Gasteiger partial charge < -0.3 is 19.6 Å². The first-order valence-electron chi connectivity index (χ1n) is 10.7. The van der Waals surface area contributed by atoms with Crippen molar-refractivity contribution >= 4 is 17.4 Å². The van der Waals surface area contributed by atoms with Gasteiger partial charge in [0, 0.05) is 18.7 Å². The lowest BCUT2D eigenvalue weighted by atomic mass is 9.94. The second kappa shape index (κ2) is 9.96. The highest BCUT2D eigenvalue weighted by molar-refractivity contribution is 6.46. The van der Waals surface area contributed by atoms with E-state index in [-0.39, 0.29) is 29.0 Å². The number of likely N-dealkylation sites (N-methyl/N-ethyl adjacent to an activating group) is 1.